The van der Waals surface area contributed by atoms with Crippen LogP contribution < -0.4 is 14.4 Å². The van der Waals surface area contributed by atoms with Crippen molar-refractivity contribution in [1.82, 2.24) is 0 Å². The fourth-order valence-corrected chi connectivity index (χ4v) is 5.07. The van der Waals surface area contributed by atoms with Gasteiger partial charge in [0, 0.05) is 42.5 Å². The number of aliphatic carboxylic acids is 1. The number of halogens is 2. The monoisotopic (exact) mass is 618 g/mol. The zero-order chi connectivity index (χ0) is 32.3. The first-order chi connectivity index (χ1) is 21.6. The van der Waals surface area contributed by atoms with E-state index in [0.29, 0.717) is 28.5 Å². The molecule has 0 atom stereocenters. The average molecular weight is 619 g/mol. The molecule has 0 saturated carbocycles. The summed E-state index contributed by atoms with van der Waals surface area (Å²) in [6.07, 6.45) is 5.07. The Morgan fingerprint density at radius 2 is 1.64 bits per heavy atom. The van der Waals surface area contributed by atoms with Gasteiger partial charge in [0.25, 0.3) is 5.69 Å². The summed E-state index contributed by atoms with van der Waals surface area (Å²) in [6.45, 7) is 3.66. The summed E-state index contributed by atoms with van der Waals surface area (Å²) in [5, 5.41) is 20.7. The molecule has 0 aliphatic rings. The lowest BCUT2D eigenvalue weighted by Crippen LogP contribution is -2.24. The lowest BCUT2D eigenvalue weighted by Gasteiger charge is -2.27. The third-order valence-electron chi connectivity index (χ3n) is 7.41. The van der Waals surface area contributed by atoms with Gasteiger partial charge in [0.2, 0.25) is 0 Å². The van der Waals surface area contributed by atoms with E-state index in [2.05, 4.69) is 6.92 Å². The summed E-state index contributed by atoms with van der Waals surface area (Å²) in [6, 6.07) is 20.7. The standard InChI is InChI=1S/C35H36F2N2O6/c1-3-4-5-6-8-26-14-18-30(20-34(26)44-23-35(40)41)45-29-16-11-25(12-17-29)21-38(22-27-13-15-28(36)19-31(27)37)32-9-7-10-33(24(32)2)39(42)43/h7,9-20H,3-6,8,21-23H2,1-2H3,(H,40,41). The number of rotatable bonds is 16. The van der Waals surface area contributed by atoms with Gasteiger partial charge in [-0.15, -0.1) is 0 Å². The topological polar surface area (TPSA) is 102 Å². The number of unbranched alkanes of at least 4 members (excludes halogenated alkanes) is 3. The van der Waals surface area contributed by atoms with Crippen LogP contribution in [-0.4, -0.2) is 22.6 Å². The summed E-state index contributed by atoms with van der Waals surface area (Å²) in [5.74, 6) is -0.968. The second kappa shape index (κ2) is 15.7. The zero-order valence-corrected chi connectivity index (χ0v) is 25.3. The van der Waals surface area contributed by atoms with Gasteiger partial charge in [0.15, 0.2) is 6.61 Å². The minimum atomic E-state index is -1.06. The number of nitro benzene ring substituents is 1. The molecule has 4 rings (SSSR count). The Hall–Kier alpha value is -4.99. The lowest BCUT2D eigenvalue weighted by atomic mass is 10.1. The van der Waals surface area contributed by atoms with Gasteiger partial charge in [-0.2, -0.15) is 0 Å². The maximum atomic E-state index is 14.6. The van der Waals surface area contributed by atoms with E-state index in [0.717, 1.165) is 49.3 Å². The second-order valence-corrected chi connectivity index (χ2v) is 10.8. The number of anilines is 1. The quantitative estimate of drug-likeness (QED) is 0.0761. The third-order valence-corrected chi connectivity index (χ3v) is 7.41. The van der Waals surface area contributed by atoms with Crippen molar-refractivity contribution in [2.75, 3.05) is 11.5 Å². The summed E-state index contributed by atoms with van der Waals surface area (Å²) >= 11 is 0. The zero-order valence-electron chi connectivity index (χ0n) is 25.3. The molecule has 0 aromatic heterocycles. The highest BCUT2D eigenvalue weighted by molar-refractivity contribution is 5.68. The molecule has 0 unspecified atom stereocenters. The normalized spacial score (nSPS) is 10.8. The van der Waals surface area contributed by atoms with Crippen molar-refractivity contribution in [3.63, 3.8) is 0 Å². The Balaban J connectivity index is 1.54. The Kier molecular flexibility index (Phi) is 11.4. The number of carboxylic acid groups (broad SMARTS) is 1. The number of benzene rings is 4. The van der Waals surface area contributed by atoms with Gasteiger partial charge in [0.1, 0.15) is 28.9 Å². The fourth-order valence-electron chi connectivity index (χ4n) is 5.07. The maximum Gasteiger partial charge on any atom is 0.341 e. The number of nitro groups is 1. The minimum absolute atomic E-state index is 0.0519. The number of nitrogens with zero attached hydrogens (tertiary/aromatic N) is 2. The van der Waals surface area contributed by atoms with Crippen LogP contribution >= 0.6 is 0 Å². The molecule has 10 heteroatoms. The summed E-state index contributed by atoms with van der Waals surface area (Å²) in [5.41, 5.74) is 2.92. The number of ether oxygens (including phenoxy) is 2. The van der Waals surface area contributed by atoms with Crippen LogP contribution in [0.3, 0.4) is 0 Å². The largest absolute Gasteiger partial charge is 0.481 e. The minimum Gasteiger partial charge on any atom is -0.481 e. The summed E-state index contributed by atoms with van der Waals surface area (Å²) in [7, 11) is 0. The second-order valence-electron chi connectivity index (χ2n) is 10.8. The molecular weight excluding hydrogens is 582 g/mol. The summed E-state index contributed by atoms with van der Waals surface area (Å²) < 4.78 is 39.8. The Morgan fingerprint density at radius 1 is 0.911 bits per heavy atom. The van der Waals surface area contributed by atoms with Crippen molar-refractivity contribution in [3.8, 4) is 17.2 Å². The molecule has 45 heavy (non-hydrogen) atoms. The first-order valence-corrected chi connectivity index (χ1v) is 14.8. The highest BCUT2D eigenvalue weighted by Crippen LogP contribution is 2.33. The van der Waals surface area contributed by atoms with Crippen molar-refractivity contribution in [3.05, 3.63) is 123 Å². The molecular formula is C35H36F2N2O6. The number of carboxylic acids is 1. The number of carbonyl (C=O) groups is 1. The van der Waals surface area contributed by atoms with Gasteiger partial charge in [-0.25, -0.2) is 13.6 Å². The van der Waals surface area contributed by atoms with Crippen LogP contribution in [0.2, 0.25) is 0 Å². The van der Waals surface area contributed by atoms with Crippen LogP contribution in [0.4, 0.5) is 20.2 Å². The van der Waals surface area contributed by atoms with Gasteiger partial charge in [-0.1, -0.05) is 56.5 Å². The van der Waals surface area contributed by atoms with E-state index in [-0.39, 0.29) is 24.3 Å². The molecule has 0 aliphatic heterocycles. The SMILES string of the molecule is CCCCCCc1ccc(Oc2ccc(CN(Cc3ccc(F)cc3F)c3cccc([N+](=O)[O-])c3C)cc2)cc1OCC(=O)O. The molecule has 0 fully saturated rings. The molecule has 8 nitrogen and oxygen atoms in total. The average Bonchev–Trinajstić information content (AvgIpc) is 3.01. The van der Waals surface area contributed by atoms with Crippen LogP contribution in [0.25, 0.3) is 0 Å². The van der Waals surface area contributed by atoms with Crippen LogP contribution in [0.5, 0.6) is 17.2 Å². The molecule has 0 aliphatic carbocycles. The van der Waals surface area contributed by atoms with Crippen LogP contribution in [0.1, 0.15) is 54.9 Å². The molecule has 0 spiro atoms. The highest BCUT2D eigenvalue weighted by Gasteiger charge is 2.20. The molecule has 1 N–H and O–H groups in total. The first kappa shape index (κ1) is 32.9. The van der Waals surface area contributed by atoms with E-state index in [1.165, 1.54) is 18.2 Å². The van der Waals surface area contributed by atoms with Gasteiger partial charge in [0.05, 0.1) is 10.5 Å². The molecule has 0 bridgehead atoms. The van der Waals surface area contributed by atoms with Crippen molar-refractivity contribution < 1.29 is 33.1 Å². The van der Waals surface area contributed by atoms with Gasteiger partial charge in [-0.05, 0) is 61.2 Å². The summed E-state index contributed by atoms with van der Waals surface area (Å²) in [4.78, 5) is 24.1. The van der Waals surface area contributed by atoms with Crippen molar-refractivity contribution >= 4 is 17.3 Å². The van der Waals surface area contributed by atoms with E-state index in [9.17, 15) is 23.7 Å². The van der Waals surface area contributed by atoms with Crippen molar-refractivity contribution in [2.45, 2.75) is 59.0 Å². The molecule has 236 valence electrons. The first-order valence-electron chi connectivity index (χ1n) is 14.8. The molecule has 0 saturated heterocycles. The van der Waals surface area contributed by atoms with Crippen LogP contribution in [0, 0.1) is 28.7 Å². The Labute approximate surface area is 261 Å². The smallest absolute Gasteiger partial charge is 0.341 e. The van der Waals surface area contributed by atoms with E-state index in [4.69, 9.17) is 14.6 Å². The Morgan fingerprint density at radius 3 is 2.33 bits per heavy atom. The van der Waals surface area contributed by atoms with E-state index in [1.807, 2.05) is 24.3 Å². The number of hydrogen-bond acceptors (Lipinski definition) is 6. The number of aryl methyl sites for hydroxylation is 1. The highest BCUT2D eigenvalue weighted by atomic mass is 19.1. The van der Waals surface area contributed by atoms with Gasteiger partial charge >= 0.3 is 5.97 Å². The van der Waals surface area contributed by atoms with Crippen molar-refractivity contribution in [2.24, 2.45) is 0 Å². The third kappa shape index (κ3) is 9.25. The predicted octanol–water partition coefficient (Wildman–Crippen LogP) is 8.77. The van der Waals surface area contributed by atoms with Crippen LogP contribution in [-0.2, 0) is 24.3 Å². The fraction of sp³-hybridized carbons (Fsp3) is 0.286. The predicted molar refractivity (Wildman–Crippen MR) is 168 cm³/mol. The van der Waals surface area contributed by atoms with Crippen LogP contribution in [0.15, 0.2) is 78.9 Å². The molecule has 4 aromatic rings. The van der Waals surface area contributed by atoms with E-state index >= 15 is 0 Å². The van der Waals surface area contributed by atoms with Gasteiger partial charge < -0.3 is 19.5 Å². The molecule has 0 radical (unpaired) electrons. The molecule has 4 aromatic carbocycles. The molecule has 0 amide bonds. The Bertz CT molecular complexity index is 1630. The van der Waals surface area contributed by atoms with E-state index in [1.54, 1.807) is 42.2 Å². The maximum absolute atomic E-state index is 14.6. The van der Waals surface area contributed by atoms with Gasteiger partial charge in [-0.3, -0.25) is 10.1 Å². The van der Waals surface area contributed by atoms with Crippen molar-refractivity contribution in [1.29, 1.82) is 0 Å². The molecule has 0 heterocycles. The number of hydrogen-bond donors (Lipinski definition) is 1. The lowest BCUT2D eigenvalue weighted by molar-refractivity contribution is -0.385. The van der Waals surface area contributed by atoms with E-state index < -0.39 is 29.1 Å².